The van der Waals surface area contributed by atoms with E-state index in [-0.39, 0.29) is 15.5 Å². The van der Waals surface area contributed by atoms with Crippen molar-refractivity contribution >= 4 is 31.4 Å². The van der Waals surface area contributed by atoms with Gasteiger partial charge < -0.3 is 5.32 Å². The molecular formula is C21H31N3O4S2. The van der Waals surface area contributed by atoms with Gasteiger partial charge in [0.25, 0.3) is 10.0 Å². The van der Waals surface area contributed by atoms with E-state index in [1.54, 1.807) is 19.9 Å². The third kappa shape index (κ3) is 4.33. The lowest BCUT2D eigenvalue weighted by molar-refractivity contribution is 0.521. The van der Waals surface area contributed by atoms with Crippen LogP contribution in [0, 0.1) is 34.6 Å². The molecule has 2 aromatic carbocycles. The first-order chi connectivity index (χ1) is 13.8. The maximum atomic E-state index is 13.4. The Balaban J connectivity index is 2.69. The van der Waals surface area contributed by atoms with Gasteiger partial charge in [-0.1, -0.05) is 0 Å². The maximum absolute atomic E-state index is 13.4. The van der Waals surface area contributed by atoms with Crippen molar-refractivity contribution in [2.75, 3.05) is 30.7 Å². The molecule has 7 nitrogen and oxygen atoms in total. The quantitative estimate of drug-likeness (QED) is 0.666. The zero-order chi connectivity index (χ0) is 23.0. The summed E-state index contributed by atoms with van der Waals surface area (Å²) in [6.45, 7) is 11.8. The summed E-state index contributed by atoms with van der Waals surface area (Å²) in [4.78, 5) is 0.239. The minimum absolute atomic E-state index is 0.0107. The molecule has 0 heterocycles. The molecule has 2 rings (SSSR count). The Labute approximate surface area is 180 Å². The van der Waals surface area contributed by atoms with Gasteiger partial charge in [-0.2, -0.15) is 0 Å². The van der Waals surface area contributed by atoms with E-state index < -0.39 is 20.0 Å². The van der Waals surface area contributed by atoms with Crippen molar-refractivity contribution in [2.24, 2.45) is 0 Å². The fourth-order valence-electron chi connectivity index (χ4n) is 3.39. The number of hydrogen-bond acceptors (Lipinski definition) is 5. The molecule has 0 fully saturated rings. The Kier molecular flexibility index (Phi) is 6.90. The SMILES string of the molecule is CCNc1ccc(S(=O)(=O)N(C)C)cc1NS(=O)(=O)c1c(C)c(C)c(C)c(C)c1C. The number of hydrogen-bond donors (Lipinski definition) is 2. The van der Waals surface area contributed by atoms with Crippen molar-refractivity contribution < 1.29 is 16.8 Å². The summed E-state index contributed by atoms with van der Waals surface area (Å²) in [5, 5.41) is 3.08. The van der Waals surface area contributed by atoms with Gasteiger partial charge in [0, 0.05) is 20.6 Å². The van der Waals surface area contributed by atoms with Crippen LogP contribution in [0.3, 0.4) is 0 Å². The second-order valence-electron chi connectivity index (χ2n) is 7.58. The van der Waals surface area contributed by atoms with Crippen LogP contribution in [-0.4, -0.2) is 41.8 Å². The Hall–Kier alpha value is -2.10. The molecule has 0 aliphatic heterocycles. The predicted molar refractivity (Wildman–Crippen MR) is 122 cm³/mol. The lowest BCUT2D eigenvalue weighted by atomic mass is 9.95. The highest BCUT2D eigenvalue weighted by atomic mass is 32.2. The Morgan fingerprint density at radius 2 is 1.30 bits per heavy atom. The summed E-state index contributed by atoms with van der Waals surface area (Å²) >= 11 is 0. The van der Waals surface area contributed by atoms with E-state index in [4.69, 9.17) is 0 Å². The highest BCUT2D eigenvalue weighted by Crippen LogP contribution is 2.33. The number of nitrogens with one attached hydrogen (secondary N) is 2. The van der Waals surface area contributed by atoms with Gasteiger partial charge >= 0.3 is 0 Å². The van der Waals surface area contributed by atoms with Crippen LogP contribution >= 0.6 is 0 Å². The first-order valence-electron chi connectivity index (χ1n) is 9.65. The van der Waals surface area contributed by atoms with Gasteiger partial charge in [-0.05, 0) is 87.6 Å². The van der Waals surface area contributed by atoms with Crippen molar-refractivity contribution in [1.29, 1.82) is 0 Å². The smallest absolute Gasteiger partial charge is 0.262 e. The van der Waals surface area contributed by atoms with E-state index in [9.17, 15) is 16.8 Å². The molecular weight excluding hydrogens is 422 g/mol. The minimum Gasteiger partial charge on any atom is -0.384 e. The molecule has 2 aromatic rings. The molecule has 2 N–H and O–H groups in total. The molecule has 0 unspecified atom stereocenters. The van der Waals surface area contributed by atoms with E-state index in [1.165, 1.54) is 26.2 Å². The van der Waals surface area contributed by atoms with E-state index in [1.807, 2.05) is 27.7 Å². The molecule has 0 radical (unpaired) electrons. The molecule has 30 heavy (non-hydrogen) atoms. The highest BCUT2D eigenvalue weighted by Gasteiger charge is 2.26. The zero-order valence-electron chi connectivity index (χ0n) is 18.8. The van der Waals surface area contributed by atoms with Crippen LogP contribution in [0.15, 0.2) is 28.0 Å². The fourth-order valence-corrected chi connectivity index (χ4v) is 5.99. The highest BCUT2D eigenvalue weighted by molar-refractivity contribution is 7.93. The van der Waals surface area contributed by atoms with Crippen molar-refractivity contribution in [3.05, 3.63) is 46.0 Å². The average molecular weight is 454 g/mol. The van der Waals surface area contributed by atoms with E-state index in [0.29, 0.717) is 23.4 Å². The standard InChI is InChI=1S/C21H31N3O4S2/c1-9-22-19-11-10-18(30(27,28)24(7)8)12-20(19)23-29(25,26)21-16(5)14(3)13(2)15(4)17(21)6/h10-12,22-23H,9H2,1-8H3. The summed E-state index contributed by atoms with van der Waals surface area (Å²) in [7, 11) is -4.81. The van der Waals surface area contributed by atoms with Gasteiger partial charge in [-0.15, -0.1) is 0 Å². The minimum atomic E-state index is -3.96. The normalized spacial score (nSPS) is 12.3. The van der Waals surface area contributed by atoms with Crippen LogP contribution in [-0.2, 0) is 20.0 Å². The lowest BCUT2D eigenvalue weighted by Crippen LogP contribution is -2.23. The summed E-state index contributed by atoms with van der Waals surface area (Å²) in [5.41, 5.74) is 4.99. The van der Waals surface area contributed by atoms with Crippen LogP contribution in [0.25, 0.3) is 0 Å². The van der Waals surface area contributed by atoms with E-state index >= 15 is 0 Å². The molecule has 0 amide bonds. The molecule has 9 heteroatoms. The summed E-state index contributed by atoms with van der Waals surface area (Å²) in [6, 6.07) is 4.38. The maximum Gasteiger partial charge on any atom is 0.262 e. The van der Waals surface area contributed by atoms with Crippen molar-refractivity contribution in [3.63, 3.8) is 0 Å². The average Bonchev–Trinajstić information content (AvgIpc) is 2.65. The topological polar surface area (TPSA) is 95.6 Å². The second-order valence-corrected chi connectivity index (χ2v) is 11.4. The zero-order valence-corrected chi connectivity index (χ0v) is 20.5. The number of anilines is 2. The van der Waals surface area contributed by atoms with Gasteiger partial charge in [0.05, 0.1) is 21.2 Å². The molecule has 0 bridgehead atoms. The molecule has 0 saturated heterocycles. The Morgan fingerprint density at radius 1 is 0.800 bits per heavy atom. The molecule has 0 saturated carbocycles. The van der Waals surface area contributed by atoms with Crippen molar-refractivity contribution in [3.8, 4) is 0 Å². The molecule has 0 aromatic heterocycles. The number of rotatable bonds is 7. The first-order valence-corrected chi connectivity index (χ1v) is 12.6. The predicted octanol–water partition coefficient (Wildman–Crippen LogP) is 3.71. The van der Waals surface area contributed by atoms with Gasteiger partial charge in [0.2, 0.25) is 10.0 Å². The lowest BCUT2D eigenvalue weighted by Gasteiger charge is -2.21. The van der Waals surface area contributed by atoms with Crippen LogP contribution < -0.4 is 10.0 Å². The van der Waals surface area contributed by atoms with Gasteiger partial charge in [0.1, 0.15) is 0 Å². The van der Waals surface area contributed by atoms with Crippen molar-refractivity contribution in [1.82, 2.24) is 4.31 Å². The van der Waals surface area contributed by atoms with Crippen LogP contribution in [0.5, 0.6) is 0 Å². The largest absolute Gasteiger partial charge is 0.384 e. The number of benzene rings is 2. The summed E-state index contributed by atoms with van der Waals surface area (Å²) in [5.74, 6) is 0. The molecule has 0 aliphatic carbocycles. The van der Waals surface area contributed by atoms with Crippen LogP contribution in [0.1, 0.15) is 34.7 Å². The summed E-state index contributed by atoms with van der Waals surface area (Å²) in [6.07, 6.45) is 0. The number of sulfonamides is 2. The van der Waals surface area contributed by atoms with Crippen LogP contribution in [0.2, 0.25) is 0 Å². The Bertz CT molecular complexity index is 1160. The molecule has 0 aliphatic rings. The van der Waals surface area contributed by atoms with Gasteiger partial charge in [-0.25, -0.2) is 21.1 Å². The first kappa shape index (κ1) is 24.2. The number of nitrogens with zero attached hydrogens (tertiary/aromatic N) is 1. The molecule has 166 valence electrons. The second kappa shape index (κ2) is 8.56. The van der Waals surface area contributed by atoms with Crippen molar-refractivity contribution in [2.45, 2.75) is 51.3 Å². The fraction of sp³-hybridized carbons (Fsp3) is 0.429. The third-order valence-corrected chi connectivity index (χ3v) is 9.03. The Morgan fingerprint density at radius 3 is 1.77 bits per heavy atom. The molecule has 0 atom stereocenters. The van der Waals surface area contributed by atoms with E-state index in [0.717, 1.165) is 21.0 Å². The monoisotopic (exact) mass is 453 g/mol. The van der Waals surface area contributed by atoms with Gasteiger partial charge in [-0.3, -0.25) is 4.72 Å². The van der Waals surface area contributed by atoms with Crippen LogP contribution in [0.4, 0.5) is 11.4 Å². The van der Waals surface area contributed by atoms with E-state index in [2.05, 4.69) is 10.0 Å². The molecule has 0 spiro atoms. The third-order valence-electron chi connectivity index (χ3n) is 5.58. The summed E-state index contributed by atoms with van der Waals surface area (Å²) < 4.78 is 55.6. The van der Waals surface area contributed by atoms with Gasteiger partial charge in [0.15, 0.2) is 0 Å².